The van der Waals surface area contributed by atoms with Gasteiger partial charge in [0.1, 0.15) is 11.3 Å². The molecular weight excluding hydrogens is 396 g/mol. The van der Waals surface area contributed by atoms with E-state index in [4.69, 9.17) is 4.74 Å². The van der Waals surface area contributed by atoms with Crippen molar-refractivity contribution in [2.24, 2.45) is 0 Å². The summed E-state index contributed by atoms with van der Waals surface area (Å²) in [5.41, 5.74) is 2.33. The highest BCUT2D eigenvalue weighted by molar-refractivity contribution is 7.99. The van der Waals surface area contributed by atoms with Crippen molar-refractivity contribution in [2.45, 2.75) is 18.7 Å². The van der Waals surface area contributed by atoms with Crippen LogP contribution in [0.5, 0.6) is 5.75 Å². The topological polar surface area (TPSA) is 51.5 Å². The third kappa shape index (κ3) is 4.76. The van der Waals surface area contributed by atoms with E-state index in [0.717, 1.165) is 10.6 Å². The van der Waals surface area contributed by atoms with Gasteiger partial charge in [-0.05, 0) is 49.7 Å². The van der Waals surface area contributed by atoms with E-state index in [0.29, 0.717) is 23.5 Å². The Hall–Kier alpha value is -2.99. The molecule has 3 rings (SSSR count). The Morgan fingerprint density at radius 2 is 1.77 bits per heavy atom. The van der Waals surface area contributed by atoms with Crippen molar-refractivity contribution in [3.05, 3.63) is 87.8 Å². The average molecular weight is 423 g/mol. The minimum absolute atomic E-state index is 0.186. The molecule has 30 heavy (non-hydrogen) atoms. The fourth-order valence-electron chi connectivity index (χ4n) is 3.13. The summed E-state index contributed by atoms with van der Waals surface area (Å²) in [6.45, 7) is 4.39. The second-order valence-electron chi connectivity index (χ2n) is 7.11. The van der Waals surface area contributed by atoms with Gasteiger partial charge in [0.15, 0.2) is 0 Å². The van der Waals surface area contributed by atoms with E-state index in [2.05, 4.69) is 31.2 Å². The number of amides is 1. The summed E-state index contributed by atoms with van der Waals surface area (Å²) >= 11 is 1.69. The zero-order valence-electron chi connectivity index (χ0n) is 17.7. The zero-order valence-corrected chi connectivity index (χ0v) is 18.5. The molecule has 0 aliphatic carbocycles. The normalized spacial score (nSPS) is 10.7. The Morgan fingerprint density at radius 3 is 2.47 bits per heavy atom. The van der Waals surface area contributed by atoms with Crippen molar-refractivity contribution in [2.75, 3.05) is 26.5 Å². The number of ether oxygens (including phenoxy) is 1. The SMILES string of the molecule is COc1ccccc1-n1ccc(C)c(C(=O)N(C)CCSc2ccc(C)cc2)c1=O. The zero-order chi connectivity index (χ0) is 21.7. The molecule has 0 bridgehead atoms. The molecule has 2 aromatic carbocycles. The molecule has 0 spiro atoms. The number of benzene rings is 2. The fourth-order valence-corrected chi connectivity index (χ4v) is 4.06. The van der Waals surface area contributed by atoms with Crippen LogP contribution in [0, 0.1) is 13.8 Å². The van der Waals surface area contributed by atoms with Crippen LogP contribution in [0.3, 0.4) is 0 Å². The number of pyridine rings is 1. The molecule has 1 amide bonds. The third-order valence-electron chi connectivity index (χ3n) is 4.92. The van der Waals surface area contributed by atoms with Crippen LogP contribution in [-0.2, 0) is 0 Å². The van der Waals surface area contributed by atoms with E-state index in [9.17, 15) is 9.59 Å². The molecule has 0 saturated heterocycles. The number of para-hydroxylation sites is 2. The predicted molar refractivity (Wildman–Crippen MR) is 122 cm³/mol. The van der Waals surface area contributed by atoms with Gasteiger partial charge >= 0.3 is 0 Å². The molecule has 156 valence electrons. The van der Waals surface area contributed by atoms with E-state index >= 15 is 0 Å². The number of methoxy groups -OCH3 is 1. The van der Waals surface area contributed by atoms with Gasteiger partial charge < -0.3 is 9.64 Å². The fraction of sp³-hybridized carbons (Fsp3) is 0.250. The Bertz CT molecular complexity index is 1090. The average Bonchev–Trinajstić information content (AvgIpc) is 2.75. The highest BCUT2D eigenvalue weighted by Gasteiger charge is 2.20. The van der Waals surface area contributed by atoms with Gasteiger partial charge in [-0.1, -0.05) is 29.8 Å². The van der Waals surface area contributed by atoms with Gasteiger partial charge in [0.05, 0.1) is 12.8 Å². The summed E-state index contributed by atoms with van der Waals surface area (Å²) in [7, 11) is 3.29. The second kappa shape index (κ2) is 9.67. The molecule has 0 saturated carbocycles. The molecule has 1 heterocycles. The van der Waals surface area contributed by atoms with Gasteiger partial charge in [-0.3, -0.25) is 14.2 Å². The first-order valence-corrected chi connectivity index (χ1v) is 10.7. The summed E-state index contributed by atoms with van der Waals surface area (Å²) in [5.74, 6) is 1.05. The van der Waals surface area contributed by atoms with E-state index in [1.54, 1.807) is 62.1 Å². The molecule has 0 unspecified atom stereocenters. The lowest BCUT2D eigenvalue weighted by atomic mass is 10.1. The van der Waals surface area contributed by atoms with Crippen molar-refractivity contribution in [1.82, 2.24) is 9.47 Å². The molecule has 0 fully saturated rings. The molecule has 0 aliphatic heterocycles. The van der Waals surface area contributed by atoms with Crippen LogP contribution in [0.1, 0.15) is 21.5 Å². The number of carbonyl (C=O) groups excluding carboxylic acids is 1. The number of hydrogen-bond donors (Lipinski definition) is 0. The molecule has 1 aromatic heterocycles. The Labute approximate surface area is 181 Å². The number of nitrogens with zero attached hydrogens (tertiary/aromatic N) is 2. The Balaban J connectivity index is 1.79. The minimum atomic E-state index is -0.345. The summed E-state index contributed by atoms with van der Waals surface area (Å²) in [6, 6.07) is 17.4. The lowest BCUT2D eigenvalue weighted by Crippen LogP contribution is -2.36. The van der Waals surface area contributed by atoms with Crippen molar-refractivity contribution in [3.63, 3.8) is 0 Å². The van der Waals surface area contributed by atoms with E-state index < -0.39 is 0 Å². The van der Waals surface area contributed by atoms with Crippen molar-refractivity contribution < 1.29 is 9.53 Å². The summed E-state index contributed by atoms with van der Waals surface area (Å²) in [4.78, 5) is 29.0. The first-order valence-electron chi connectivity index (χ1n) is 9.73. The number of rotatable bonds is 7. The van der Waals surface area contributed by atoms with E-state index in [-0.39, 0.29) is 17.0 Å². The molecule has 3 aromatic rings. The lowest BCUT2D eigenvalue weighted by Gasteiger charge is -2.19. The number of aryl methyl sites for hydroxylation is 2. The molecule has 0 radical (unpaired) electrons. The molecule has 0 N–H and O–H groups in total. The Morgan fingerprint density at radius 1 is 1.07 bits per heavy atom. The summed E-state index contributed by atoms with van der Waals surface area (Å²) in [6.07, 6.45) is 1.68. The number of carbonyl (C=O) groups is 1. The van der Waals surface area contributed by atoms with Crippen LogP contribution >= 0.6 is 11.8 Å². The van der Waals surface area contributed by atoms with E-state index in [1.165, 1.54) is 10.1 Å². The van der Waals surface area contributed by atoms with Crippen LogP contribution in [0.25, 0.3) is 5.69 Å². The number of hydrogen-bond acceptors (Lipinski definition) is 4. The van der Waals surface area contributed by atoms with Crippen LogP contribution in [0.15, 0.2) is 70.5 Å². The quantitative estimate of drug-likeness (QED) is 0.532. The van der Waals surface area contributed by atoms with Crippen LogP contribution in [0.4, 0.5) is 0 Å². The van der Waals surface area contributed by atoms with Crippen molar-refractivity contribution in [3.8, 4) is 11.4 Å². The smallest absolute Gasteiger partial charge is 0.268 e. The summed E-state index contributed by atoms with van der Waals surface area (Å²) in [5, 5.41) is 0. The largest absolute Gasteiger partial charge is 0.495 e. The summed E-state index contributed by atoms with van der Waals surface area (Å²) < 4.78 is 6.84. The third-order valence-corrected chi connectivity index (χ3v) is 5.91. The minimum Gasteiger partial charge on any atom is -0.495 e. The monoisotopic (exact) mass is 422 g/mol. The van der Waals surface area contributed by atoms with Gasteiger partial charge in [-0.15, -0.1) is 11.8 Å². The van der Waals surface area contributed by atoms with Crippen LogP contribution < -0.4 is 10.3 Å². The van der Waals surface area contributed by atoms with Crippen LogP contribution in [0.2, 0.25) is 0 Å². The van der Waals surface area contributed by atoms with Crippen LogP contribution in [-0.4, -0.2) is 41.8 Å². The predicted octanol–water partition coefficient (Wildman–Crippen LogP) is 4.33. The van der Waals surface area contributed by atoms with Crippen molar-refractivity contribution >= 4 is 17.7 Å². The maximum absolute atomic E-state index is 13.2. The number of aromatic nitrogens is 1. The van der Waals surface area contributed by atoms with E-state index in [1.807, 2.05) is 12.1 Å². The van der Waals surface area contributed by atoms with Crippen molar-refractivity contribution in [1.29, 1.82) is 0 Å². The van der Waals surface area contributed by atoms with Gasteiger partial charge in [0.2, 0.25) is 0 Å². The van der Waals surface area contributed by atoms with Gasteiger partial charge in [-0.2, -0.15) is 0 Å². The first-order chi connectivity index (χ1) is 14.4. The highest BCUT2D eigenvalue weighted by atomic mass is 32.2. The molecular formula is C24H26N2O3S. The standard InChI is InChI=1S/C24H26N2O3S/c1-17-9-11-19(12-10-17)30-16-15-25(3)23(27)22-18(2)13-14-26(24(22)28)20-7-5-6-8-21(20)29-4/h5-14H,15-16H2,1-4H3. The number of thioether (sulfide) groups is 1. The maximum Gasteiger partial charge on any atom is 0.268 e. The molecule has 0 aliphatic rings. The lowest BCUT2D eigenvalue weighted by molar-refractivity contribution is 0.0801. The van der Waals surface area contributed by atoms with Gasteiger partial charge in [0.25, 0.3) is 11.5 Å². The molecule has 0 atom stereocenters. The van der Waals surface area contributed by atoms with Gasteiger partial charge in [0, 0.05) is 30.4 Å². The molecule has 5 nitrogen and oxygen atoms in total. The van der Waals surface area contributed by atoms with Gasteiger partial charge in [-0.25, -0.2) is 0 Å². The maximum atomic E-state index is 13.2. The Kier molecular flexibility index (Phi) is 7.00. The molecule has 6 heteroatoms. The first kappa shape index (κ1) is 21.7. The highest BCUT2D eigenvalue weighted by Crippen LogP contribution is 2.22. The second-order valence-corrected chi connectivity index (χ2v) is 8.28.